The van der Waals surface area contributed by atoms with Crippen LogP contribution < -0.4 is 10.1 Å². The third kappa shape index (κ3) is 3.30. The summed E-state index contributed by atoms with van der Waals surface area (Å²) in [6.07, 6.45) is 1.68. The minimum atomic E-state index is -0.992. The van der Waals surface area contributed by atoms with Gasteiger partial charge in [0.25, 0.3) is 0 Å². The first kappa shape index (κ1) is 16.6. The minimum Gasteiger partial charge on any atom is -0.496 e. The standard InChI is InChI=1S/C20H16N4O3/c1-27-18-5-3-2-4-14(18)16-8-9-21-20(24-16)22-13-6-7-15-12(10-13)11-17(23-15)19(25)26/h2-11,23H,1H3,(H,25,26)(H,21,22,24). The van der Waals surface area contributed by atoms with Crippen molar-refractivity contribution in [1.29, 1.82) is 0 Å². The molecule has 0 saturated heterocycles. The molecule has 7 heteroatoms. The Morgan fingerprint density at radius 3 is 2.81 bits per heavy atom. The molecule has 2 heterocycles. The predicted molar refractivity (Wildman–Crippen MR) is 103 cm³/mol. The van der Waals surface area contributed by atoms with Crippen LogP contribution in [0.15, 0.2) is 60.8 Å². The van der Waals surface area contributed by atoms with E-state index < -0.39 is 5.97 Å². The van der Waals surface area contributed by atoms with Crippen LogP contribution in [0.2, 0.25) is 0 Å². The fourth-order valence-corrected chi connectivity index (χ4v) is 2.88. The van der Waals surface area contributed by atoms with Gasteiger partial charge in [-0.05, 0) is 42.5 Å². The molecule has 0 saturated carbocycles. The number of carboxylic acids is 1. The summed E-state index contributed by atoms with van der Waals surface area (Å²) in [4.78, 5) is 22.8. The molecule has 4 rings (SSSR count). The summed E-state index contributed by atoms with van der Waals surface area (Å²) in [5, 5.41) is 13.0. The first-order valence-corrected chi connectivity index (χ1v) is 8.23. The fourth-order valence-electron chi connectivity index (χ4n) is 2.88. The van der Waals surface area contributed by atoms with Crippen molar-refractivity contribution in [2.75, 3.05) is 12.4 Å². The van der Waals surface area contributed by atoms with Crippen molar-refractivity contribution < 1.29 is 14.6 Å². The van der Waals surface area contributed by atoms with Gasteiger partial charge in [-0.15, -0.1) is 0 Å². The van der Waals surface area contributed by atoms with E-state index in [1.807, 2.05) is 48.5 Å². The number of nitrogens with zero attached hydrogens (tertiary/aromatic N) is 2. The summed E-state index contributed by atoms with van der Waals surface area (Å²) in [7, 11) is 1.62. The van der Waals surface area contributed by atoms with E-state index >= 15 is 0 Å². The molecular weight excluding hydrogens is 344 g/mol. The maximum atomic E-state index is 11.1. The Morgan fingerprint density at radius 2 is 2.00 bits per heavy atom. The lowest BCUT2D eigenvalue weighted by Crippen LogP contribution is -1.98. The number of hydrogen-bond acceptors (Lipinski definition) is 5. The van der Waals surface area contributed by atoms with E-state index in [4.69, 9.17) is 9.84 Å². The summed E-state index contributed by atoms with van der Waals surface area (Å²) >= 11 is 0. The van der Waals surface area contributed by atoms with Crippen LogP contribution >= 0.6 is 0 Å². The molecule has 4 aromatic rings. The van der Waals surface area contributed by atoms with E-state index in [-0.39, 0.29) is 5.69 Å². The van der Waals surface area contributed by atoms with Crippen LogP contribution in [0.3, 0.4) is 0 Å². The molecule has 134 valence electrons. The van der Waals surface area contributed by atoms with Crippen LogP contribution in [0.4, 0.5) is 11.6 Å². The van der Waals surface area contributed by atoms with E-state index in [0.29, 0.717) is 5.95 Å². The number of benzene rings is 2. The SMILES string of the molecule is COc1ccccc1-c1ccnc(Nc2ccc3[nH]c(C(=O)O)cc3c2)n1. The number of methoxy groups -OCH3 is 1. The maximum absolute atomic E-state index is 11.1. The molecule has 0 atom stereocenters. The number of aromatic nitrogens is 3. The molecule has 0 spiro atoms. The van der Waals surface area contributed by atoms with Crippen molar-refractivity contribution in [2.45, 2.75) is 0 Å². The Bertz CT molecular complexity index is 1140. The van der Waals surface area contributed by atoms with Gasteiger partial charge in [0.05, 0.1) is 12.8 Å². The van der Waals surface area contributed by atoms with Crippen LogP contribution in [0.5, 0.6) is 5.75 Å². The Kier molecular flexibility index (Phi) is 4.18. The topological polar surface area (TPSA) is 100 Å². The molecule has 2 aromatic heterocycles. The van der Waals surface area contributed by atoms with Gasteiger partial charge in [-0.3, -0.25) is 0 Å². The van der Waals surface area contributed by atoms with Crippen LogP contribution in [0.25, 0.3) is 22.2 Å². The lowest BCUT2D eigenvalue weighted by Gasteiger charge is -2.09. The van der Waals surface area contributed by atoms with E-state index in [0.717, 1.165) is 33.6 Å². The Hall–Kier alpha value is -3.87. The molecule has 7 nitrogen and oxygen atoms in total. The second-order valence-corrected chi connectivity index (χ2v) is 5.88. The number of para-hydroxylation sites is 1. The zero-order valence-electron chi connectivity index (χ0n) is 14.4. The third-order valence-electron chi connectivity index (χ3n) is 4.15. The highest BCUT2D eigenvalue weighted by Gasteiger charge is 2.10. The van der Waals surface area contributed by atoms with Gasteiger partial charge >= 0.3 is 5.97 Å². The van der Waals surface area contributed by atoms with Gasteiger partial charge in [-0.2, -0.15) is 0 Å². The number of aromatic carboxylic acids is 1. The average molecular weight is 360 g/mol. The summed E-state index contributed by atoms with van der Waals surface area (Å²) in [6, 6.07) is 16.5. The summed E-state index contributed by atoms with van der Waals surface area (Å²) in [5.41, 5.74) is 3.27. The van der Waals surface area contributed by atoms with Crippen molar-refractivity contribution in [1.82, 2.24) is 15.0 Å². The maximum Gasteiger partial charge on any atom is 0.352 e. The van der Waals surface area contributed by atoms with Crippen LogP contribution in [0.1, 0.15) is 10.5 Å². The molecule has 3 N–H and O–H groups in total. The predicted octanol–water partition coefficient (Wildman–Crippen LogP) is 4.08. The van der Waals surface area contributed by atoms with Gasteiger partial charge in [-0.1, -0.05) is 12.1 Å². The molecular formula is C20H16N4O3. The van der Waals surface area contributed by atoms with E-state index in [9.17, 15) is 4.79 Å². The highest BCUT2D eigenvalue weighted by atomic mass is 16.5. The average Bonchev–Trinajstić information content (AvgIpc) is 3.12. The molecule has 0 fully saturated rings. The first-order chi connectivity index (χ1) is 13.1. The van der Waals surface area contributed by atoms with E-state index in [1.165, 1.54) is 0 Å². The number of H-pyrrole nitrogens is 1. The van der Waals surface area contributed by atoms with Crippen LogP contribution in [0, 0.1) is 0 Å². The normalized spacial score (nSPS) is 10.7. The highest BCUT2D eigenvalue weighted by molar-refractivity contribution is 5.94. The smallest absolute Gasteiger partial charge is 0.352 e. The fraction of sp³-hybridized carbons (Fsp3) is 0.0500. The molecule has 0 bridgehead atoms. The van der Waals surface area contributed by atoms with Gasteiger partial charge in [0.1, 0.15) is 11.4 Å². The Balaban J connectivity index is 1.65. The number of carboxylic acid groups (broad SMARTS) is 1. The zero-order valence-corrected chi connectivity index (χ0v) is 14.4. The first-order valence-electron chi connectivity index (χ1n) is 8.23. The zero-order chi connectivity index (χ0) is 18.8. The van der Waals surface area contributed by atoms with E-state index in [2.05, 4.69) is 20.3 Å². The number of carbonyl (C=O) groups is 1. The quantitative estimate of drug-likeness (QED) is 0.496. The van der Waals surface area contributed by atoms with Gasteiger partial charge in [0.15, 0.2) is 0 Å². The Morgan fingerprint density at radius 1 is 1.15 bits per heavy atom. The number of aromatic amines is 1. The molecule has 0 unspecified atom stereocenters. The number of fused-ring (bicyclic) bond motifs is 1. The molecule has 0 aliphatic rings. The lowest BCUT2D eigenvalue weighted by molar-refractivity contribution is 0.0691. The Labute approximate surface area is 154 Å². The number of nitrogens with one attached hydrogen (secondary N) is 2. The molecule has 27 heavy (non-hydrogen) atoms. The molecule has 0 radical (unpaired) electrons. The molecule has 0 aliphatic heterocycles. The highest BCUT2D eigenvalue weighted by Crippen LogP contribution is 2.29. The number of anilines is 2. The summed E-state index contributed by atoms with van der Waals surface area (Å²) in [5.74, 6) is 0.178. The number of rotatable bonds is 5. The summed E-state index contributed by atoms with van der Waals surface area (Å²) < 4.78 is 5.40. The van der Waals surface area contributed by atoms with Crippen molar-refractivity contribution in [3.63, 3.8) is 0 Å². The molecule has 2 aromatic carbocycles. The van der Waals surface area contributed by atoms with Crippen molar-refractivity contribution in [3.8, 4) is 17.0 Å². The van der Waals surface area contributed by atoms with Gasteiger partial charge in [0.2, 0.25) is 5.95 Å². The van der Waals surface area contributed by atoms with E-state index in [1.54, 1.807) is 19.4 Å². The third-order valence-corrected chi connectivity index (χ3v) is 4.15. The monoisotopic (exact) mass is 360 g/mol. The second kappa shape index (κ2) is 6.80. The lowest BCUT2D eigenvalue weighted by atomic mass is 10.1. The number of hydrogen-bond donors (Lipinski definition) is 3. The summed E-state index contributed by atoms with van der Waals surface area (Å²) in [6.45, 7) is 0. The van der Waals surface area contributed by atoms with Crippen LogP contribution in [-0.4, -0.2) is 33.1 Å². The van der Waals surface area contributed by atoms with Crippen LogP contribution in [-0.2, 0) is 0 Å². The van der Waals surface area contributed by atoms with Crippen molar-refractivity contribution in [3.05, 3.63) is 66.5 Å². The van der Waals surface area contributed by atoms with Crippen molar-refractivity contribution in [2.24, 2.45) is 0 Å². The van der Waals surface area contributed by atoms with Gasteiger partial charge in [0, 0.05) is 28.4 Å². The number of ether oxygens (including phenoxy) is 1. The van der Waals surface area contributed by atoms with Gasteiger partial charge in [-0.25, -0.2) is 14.8 Å². The van der Waals surface area contributed by atoms with Crippen molar-refractivity contribution >= 4 is 28.5 Å². The minimum absolute atomic E-state index is 0.150. The van der Waals surface area contributed by atoms with Gasteiger partial charge < -0.3 is 20.1 Å². The molecule has 0 amide bonds. The molecule has 0 aliphatic carbocycles. The largest absolute Gasteiger partial charge is 0.496 e. The second-order valence-electron chi connectivity index (χ2n) is 5.88.